The van der Waals surface area contributed by atoms with Crippen LogP contribution in [-0.2, 0) is 14.0 Å². The fourth-order valence-corrected chi connectivity index (χ4v) is 8.82. The summed E-state index contributed by atoms with van der Waals surface area (Å²) >= 11 is 1.52. The van der Waals surface area contributed by atoms with Gasteiger partial charge >= 0.3 is 5.97 Å². The molecule has 0 aromatic heterocycles. The zero-order valence-electron chi connectivity index (χ0n) is 14.9. The van der Waals surface area contributed by atoms with Gasteiger partial charge in [0.05, 0.1) is 12.4 Å². The Labute approximate surface area is 154 Å². The van der Waals surface area contributed by atoms with E-state index in [-0.39, 0.29) is 16.4 Å². The summed E-state index contributed by atoms with van der Waals surface area (Å²) in [6.45, 7) is 7.15. The fourth-order valence-electron chi connectivity index (χ4n) is 3.41. The highest BCUT2D eigenvalue weighted by Gasteiger charge is 2.50. The number of carbonyl (C=O) groups excluding carboxylic acids is 1. The van der Waals surface area contributed by atoms with Crippen molar-refractivity contribution in [1.29, 1.82) is 0 Å². The van der Waals surface area contributed by atoms with Crippen LogP contribution >= 0.6 is 11.8 Å². The third-order valence-electron chi connectivity index (χ3n) is 4.50. The van der Waals surface area contributed by atoms with Gasteiger partial charge in [0.2, 0.25) is 0 Å². The van der Waals surface area contributed by atoms with Crippen molar-refractivity contribution in [2.45, 2.75) is 31.2 Å². The second kappa shape index (κ2) is 7.36. The Morgan fingerprint density at radius 2 is 1.56 bits per heavy atom. The zero-order chi connectivity index (χ0) is 17.9. The van der Waals surface area contributed by atoms with Gasteiger partial charge in [0.25, 0.3) is 8.32 Å². The first-order chi connectivity index (χ1) is 11.9. The lowest BCUT2D eigenvalue weighted by Crippen LogP contribution is -2.67. The average Bonchev–Trinajstić information content (AvgIpc) is 3.02. The van der Waals surface area contributed by atoms with Crippen molar-refractivity contribution in [3.05, 3.63) is 60.7 Å². The van der Waals surface area contributed by atoms with Crippen LogP contribution in [0.25, 0.3) is 0 Å². The molecule has 1 fully saturated rings. The molecule has 0 amide bonds. The molecular weight excluding hydrogens is 348 g/mol. The molecule has 3 rings (SSSR count). The molecule has 1 atom stereocenters. The van der Waals surface area contributed by atoms with Crippen LogP contribution in [0.1, 0.15) is 20.8 Å². The third kappa shape index (κ3) is 3.68. The first-order valence-electron chi connectivity index (χ1n) is 8.49. The molecule has 0 spiro atoms. The summed E-state index contributed by atoms with van der Waals surface area (Å²) in [5, 5.41) is 2.41. The highest BCUT2D eigenvalue weighted by Crippen LogP contribution is 2.37. The van der Waals surface area contributed by atoms with Crippen molar-refractivity contribution in [2.24, 2.45) is 0 Å². The lowest BCUT2D eigenvalue weighted by Gasteiger charge is -2.43. The number of thioether (sulfide) groups is 1. The summed E-state index contributed by atoms with van der Waals surface area (Å²) in [5.41, 5.74) is -0.214. The Balaban J connectivity index is 2.04. The van der Waals surface area contributed by atoms with Gasteiger partial charge < -0.3 is 9.16 Å². The number of esters is 1. The third-order valence-corrected chi connectivity index (χ3v) is 10.5. The fraction of sp³-hybridized carbons (Fsp3) is 0.350. The van der Waals surface area contributed by atoms with Crippen molar-refractivity contribution < 1.29 is 14.0 Å². The summed E-state index contributed by atoms with van der Waals surface area (Å²) in [6.07, 6.45) is 0. The first-order valence-corrected chi connectivity index (χ1v) is 11.5. The molecule has 0 N–H and O–H groups in total. The number of ether oxygens (including phenoxy) is 1. The van der Waals surface area contributed by atoms with Crippen LogP contribution in [0.15, 0.2) is 60.7 Å². The van der Waals surface area contributed by atoms with E-state index in [0.717, 1.165) is 0 Å². The van der Waals surface area contributed by atoms with Crippen LogP contribution in [0.5, 0.6) is 0 Å². The molecule has 1 aliphatic heterocycles. The standard InChI is InChI=1S/C20H24O3SSi/c1-20(2,3)25(16-10-6-4-7-11-16,17-12-8-5-9-13-17)22-14-19-23-18(21)15-24-19/h4-13,19H,14-15H2,1-3H3/t19-/m1/s1. The number of benzene rings is 2. The topological polar surface area (TPSA) is 35.5 Å². The van der Waals surface area contributed by atoms with Crippen LogP contribution in [0.3, 0.4) is 0 Å². The minimum absolute atomic E-state index is 0.0665. The molecule has 132 valence electrons. The van der Waals surface area contributed by atoms with Crippen LogP contribution in [0.4, 0.5) is 0 Å². The van der Waals surface area contributed by atoms with Crippen molar-refractivity contribution in [1.82, 2.24) is 0 Å². The van der Waals surface area contributed by atoms with Gasteiger partial charge in [-0.05, 0) is 15.4 Å². The van der Waals surface area contributed by atoms with E-state index in [1.54, 1.807) is 0 Å². The van der Waals surface area contributed by atoms with Gasteiger partial charge in [-0.25, -0.2) is 0 Å². The lowest BCUT2D eigenvalue weighted by molar-refractivity contribution is -0.140. The Morgan fingerprint density at radius 3 is 1.96 bits per heavy atom. The van der Waals surface area contributed by atoms with Gasteiger partial charge in [0, 0.05) is 0 Å². The van der Waals surface area contributed by atoms with Gasteiger partial charge in [0.15, 0.2) is 5.44 Å². The molecule has 1 heterocycles. The predicted octanol–water partition coefficient (Wildman–Crippen LogP) is 3.18. The Kier molecular flexibility index (Phi) is 5.37. The van der Waals surface area contributed by atoms with Crippen molar-refractivity contribution in [3.63, 3.8) is 0 Å². The number of cyclic esters (lactones) is 1. The Morgan fingerprint density at radius 1 is 1.04 bits per heavy atom. The maximum Gasteiger partial charge on any atom is 0.317 e. The SMILES string of the molecule is CC(C)(C)[Si](OC[C@@H]1OC(=O)CS1)(c1ccccc1)c1ccccc1. The molecule has 2 aromatic rings. The van der Waals surface area contributed by atoms with E-state index < -0.39 is 8.32 Å². The summed E-state index contributed by atoms with van der Waals surface area (Å²) in [4.78, 5) is 11.4. The maximum atomic E-state index is 11.4. The molecule has 1 saturated heterocycles. The normalized spacial score (nSPS) is 18.2. The second-order valence-electron chi connectivity index (χ2n) is 7.20. The first kappa shape index (κ1) is 18.2. The smallest absolute Gasteiger partial charge is 0.317 e. The van der Waals surface area contributed by atoms with Crippen molar-refractivity contribution in [3.8, 4) is 0 Å². The predicted molar refractivity (Wildman–Crippen MR) is 106 cm³/mol. The summed E-state index contributed by atoms with van der Waals surface area (Å²) in [7, 11) is -2.54. The van der Waals surface area contributed by atoms with E-state index in [0.29, 0.717) is 12.4 Å². The highest BCUT2D eigenvalue weighted by atomic mass is 32.2. The minimum Gasteiger partial charge on any atom is -0.448 e. The zero-order valence-corrected chi connectivity index (χ0v) is 16.7. The molecule has 2 aromatic carbocycles. The summed E-state index contributed by atoms with van der Waals surface area (Å²) in [5.74, 6) is 0.260. The van der Waals surface area contributed by atoms with Gasteiger partial charge in [-0.3, -0.25) is 4.79 Å². The maximum absolute atomic E-state index is 11.4. The molecule has 1 aliphatic rings. The van der Waals surface area contributed by atoms with Gasteiger partial charge in [0.1, 0.15) is 0 Å². The van der Waals surface area contributed by atoms with Gasteiger partial charge in [-0.2, -0.15) is 0 Å². The number of rotatable bonds is 5. The van der Waals surface area contributed by atoms with Crippen LogP contribution in [0.2, 0.25) is 5.04 Å². The largest absolute Gasteiger partial charge is 0.448 e. The minimum atomic E-state index is -2.54. The highest BCUT2D eigenvalue weighted by molar-refractivity contribution is 8.00. The molecule has 0 aliphatic carbocycles. The van der Waals surface area contributed by atoms with Crippen LogP contribution in [-0.4, -0.2) is 32.1 Å². The van der Waals surface area contributed by atoms with Crippen molar-refractivity contribution >= 4 is 36.4 Å². The van der Waals surface area contributed by atoms with E-state index in [1.165, 1.54) is 22.1 Å². The van der Waals surface area contributed by atoms with E-state index in [4.69, 9.17) is 9.16 Å². The van der Waals surface area contributed by atoms with E-state index in [1.807, 2.05) is 12.1 Å². The van der Waals surface area contributed by atoms with E-state index in [2.05, 4.69) is 69.3 Å². The molecule has 0 saturated carbocycles. The number of carbonyl (C=O) groups is 1. The molecule has 0 unspecified atom stereocenters. The molecule has 0 bridgehead atoms. The Bertz CT molecular complexity index is 673. The molecule has 3 nitrogen and oxygen atoms in total. The number of hydrogen-bond donors (Lipinski definition) is 0. The summed E-state index contributed by atoms with van der Waals surface area (Å²) < 4.78 is 12.1. The van der Waals surface area contributed by atoms with Crippen molar-refractivity contribution in [2.75, 3.05) is 12.4 Å². The molecule has 0 radical (unpaired) electrons. The second-order valence-corrected chi connectivity index (χ2v) is 12.7. The quantitative estimate of drug-likeness (QED) is 0.596. The molecular formula is C20H24O3SSi. The lowest BCUT2D eigenvalue weighted by atomic mass is 10.2. The molecule has 5 heteroatoms. The van der Waals surface area contributed by atoms with Gasteiger partial charge in [-0.1, -0.05) is 81.4 Å². The average molecular weight is 373 g/mol. The number of hydrogen-bond acceptors (Lipinski definition) is 4. The monoisotopic (exact) mass is 372 g/mol. The van der Waals surface area contributed by atoms with Crippen LogP contribution in [0, 0.1) is 0 Å². The van der Waals surface area contributed by atoms with Crippen LogP contribution < -0.4 is 10.4 Å². The van der Waals surface area contributed by atoms with Gasteiger partial charge in [-0.15, -0.1) is 11.8 Å². The van der Waals surface area contributed by atoms with E-state index in [9.17, 15) is 4.79 Å². The summed E-state index contributed by atoms with van der Waals surface area (Å²) in [6, 6.07) is 21.0. The Hall–Kier alpha value is -1.56. The van der Waals surface area contributed by atoms with E-state index >= 15 is 0 Å². The molecule has 25 heavy (non-hydrogen) atoms.